The monoisotopic (exact) mass is 703 g/mol. The molecule has 1 unspecified atom stereocenters. The molecule has 14 heteroatoms. The Balaban J connectivity index is 1.31. The van der Waals surface area contributed by atoms with Crippen LogP contribution in [0.1, 0.15) is 82.1 Å². The number of aromatic nitrogens is 3. The van der Waals surface area contributed by atoms with Crippen LogP contribution in [0, 0.1) is 11.3 Å². The lowest BCUT2D eigenvalue weighted by Gasteiger charge is -2.36. The number of hydrogen-bond acceptors (Lipinski definition) is 12. The summed E-state index contributed by atoms with van der Waals surface area (Å²) in [6, 6.07) is 6.53. The number of rotatable bonds is 8. The van der Waals surface area contributed by atoms with Gasteiger partial charge in [-0.1, -0.05) is 5.16 Å². The molecule has 0 saturated carbocycles. The van der Waals surface area contributed by atoms with Crippen LogP contribution in [0.3, 0.4) is 0 Å². The van der Waals surface area contributed by atoms with Crippen molar-refractivity contribution < 1.29 is 18.8 Å². The topological polar surface area (TPSA) is 136 Å². The molecule has 0 spiro atoms. The number of nitrogens with zero attached hydrogens (tertiary/aromatic N) is 9. The molecule has 6 rings (SSSR count). The molecule has 3 aliphatic rings. The Morgan fingerprint density at radius 3 is 2.62 bits per heavy atom. The summed E-state index contributed by atoms with van der Waals surface area (Å²) in [6.07, 6.45) is 6.20. The number of anilines is 1. The lowest BCUT2D eigenvalue weighted by atomic mass is 9.71. The van der Waals surface area contributed by atoms with Gasteiger partial charge in [0.05, 0.1) is 17.3 Å². The van der Waals surface area contributed by atoms with Crippen LogP contribution in [0.25, 0.3) is 11.5 Å². The van der Waals surface area contributed by atoms with Crippen LogP contribution in [0.2, 0.25) is 0 Å². The Morgan fingerprint density at radius 1 is 1.20 bits per heavy atom. The Hall–Kier alpha value is -4.22. The third-order valence-electron chi connectivity index (χ3n) is 9.77. The summed E-state index contributed by atoms with van der Waals surface area (Å²) in [4.78, 5) is 36.4. The van der Waals surface area contributed by atoms with Crippen molar-refractivity contribution >= 4 is 34.6 Å². The zero-order valence-corrected chi connectivity index (χ0v) is 31.3. The normalized spacial score (nSPS) is 22.0. The Labute approximate surface area is 298 Å². The van der Waals surface area contributed by atoms with E-state index >= 15 is 0 Å². The molecular weight excluding hydrogens is 655 g/mol. The Morgan fingerprint density at radius 2 is 1.96 bits per heavy atom. The number of ether oxygens (including phenoxy) is 2. The SMILES string of the molecule is C[C@H](Oc1cc(N2CCN(C(=O)OC(C)(C)C)CC2)nc(-c2cc(C3(C)CCCc4sc(/N=C/N(C)C)c(C#N)c43)on2)n1)[C@@H]1CCCN1C. The minimum absolute atomic E-state index is 0.0816. The van der Waals surface area contributed by atoms with Crippen LogP contribution >= 0.6 is 11.3 Å². The van der Waals surface area contributed by atoms with Gasteiger partial charge in [-0.05, 0) is 85.9 Å². The van der Waals surface area contributed by atoms with Crippen LogP contribution < -0.4 is 9.64 Å². The summed E-state index contributed by atoms with van der Waals surface area (Å²) in [7, 11) is 5.96. The number of likely N-dealkylation sites (tertiary alicyclic amines) is 1. The van der Waals surface area contributed by atoms with E-state index < -0.39 is 11.0 Å². The van der Waals surface area contributed by atoms with Crippen LogP contribution in [-0.2, 0) is 16.6 Å². The molecule has 3 aromatic heterocycles. The highest BCUT2D eigenvalue weighted by Gasteiger charge is 2.42. The summed E-state index contributed by atoms with van der Waals surface area (Å²) in [6.45, 7) is 13.0. The summed E-state index contributed by atoms with van der Waals surface area (Å²) < 4.78 is 18.2. The first-order valence-electron chi connectivity index (χ1n) is 17.5. The zero-order chi connectivity index (χ0) is 35.8. The van der Waals surface area contributed by atoms with Gasteiger partial charge in [-0.15, -0.1) is 11.3 Å². The minimum Gasteiger partial charge on any atom is -0.473 e. The average Bonchev–Trinajstić information content (AvgIpc) is 3.82. The molecule has 3 aromatic rings. The van der Waals surface area contributed by atoms with Gasteiger partial charge in [0.2, 0.25) is 5.88 Å². The van der Waals surface area contributed by atoms with Crippen LogP contribution in [-0.4, -0.2) is 114 Å². The predicted octanol–water partition coefficient (Wildman–Crippen LogP) is 5.85. The number of hydrogen-bond donors (Lipinski definition) is 0. The van der Waals surface area contributed by atoms with Gasteiger partial charge in [0.1, 0.15) is 34.4 Å². The van der Waals surface area contributed by atoms with Gasteiger partial charge in [-0.2, -0.15) is 10.2 Å². The highest BCUT2D eigenvalue weighted by atomic mass is 32.1. The van der Waals surface area contributed by atoms with Gasteiger partial charge in [0.15, 0.2) is 11.5 Å². The van der Waals surface area contributed by atoms with Crippen molar-refractivity contribution in [1.82, 2.24) is 29.8 Å². The number of amides is 1. The van der Waals surface area contributed by atoms with Crippen LogP contribution in [0.4, 0.5) is 15.6 Å². The van der Waals surface area contributed by atoms with E-state index in [9.17, 15) is 10.1 Å². The summed E-state index contributed by atoms with van der Waals surface area (Å²) in [5, 5.41) is 15.5. The van der Waals surface area contributed by atoms with E-state index in [4.69, 9.17) is 24.0 Å². The molecule has 0 radical (unpaired) electrons. The molecule has 2 aliphatic heterocycles. The van der Waals surface area contributed by atoms with E-state index in [0.717, 1.165) is 49.1 Å². The molecule has 0 N–H and O–H groups in total. The zero-order valence-electron chi connectivity index (χ0n) is 30.5. The van der Waals surface area contributed by atoms with Gasteiger partial charge in [-0.3, -0.25) is 4.90 Å². The van der Waals surface area contributed by atoms with Crippen LogP contribution in [0.5, 0.6) is 5.88 Å². The van der Waals surface area contributed by atoms with E-state index in [0.29, 0.717) is 71.8 Å². The van der Waals surface area contributed by atoms with E-state index in [1.54, 1.807) is 22.6 Å². The molecule has 2 saturated heterocycles. The lowest BCUT2D eigenvalue weighted by Crippen LogP contribution is -2.50. The molecule has 1 aliphatic carbocycles. The van der Waals surface area contributed by atoms with E-state index in [1.807, 2.05) is 51.9 Å². The highest BCUT2D eigenvalue weighted by Crippen LogP contribution is 2.50. The standard InChI is InChI=1S/C36H49N9O4S/c1-23(26-11-10-14-43(26)8)47-30-20-29(44-15-17-45(18-16-44)34(46)48-35(2,3)4)39-32(40-30)25-19-28(49-41-25)36(5)13-9-12-27-31(36)24(21-37)33(50-27)38-22-42(6)7/h19-20,22-23,26H,9-18H2,1-8H3/b38-22+/t23-,26-,36?/m0/s1. The van der Waals surface area contributed by atoms with Gasteiger partial charge >= 0.3 is 6.09 Å². The molecule has 1 amide bonds. The number of carbonyl (C=O) groups is 1. The van der Waals surface area contributed by atoms with Crippen molar-refractivity contribution in [2.24, 2.45) is 4.99 Å². The van der Waals surface area contributed by atoms with Gasteiger partial charge in [0, 0.05) is 63.3 Å². The molecule has 0 aromatic carbocycles. The fraction of sp³-hybridized carbons (Fsp3) is 0.611. The number of piperazine rings is 1. The molecule has 50 heavy (non-hydrogen) atoms. The third kappa shape index (κ3) is 7.44. The van der Waals surface area contributed by atoms with Gasteiger partial charge in [-0.25, -0.2) is 14.8 Å². The second-order valence-electron chi connectivity index (χ2n) is 15.0. The predicted molar refractivity (Wildman–Crippen MR) is 194 cm³/mol. The summed E-state index contributed by atoms with van der Waals surface area (Å²) in [5.41, 5.74) is 0.941. The van der Waals surface area contributed by atoms with Crippen molar-refractivity contribution in [2.75, 3.05) is 58.8 Å². The largest absolute Gasteiger partial charge is 0.473 e. The number of aliphatic imine (C=N–C) groups is 1. The number of thiophene rings is 1. The fourth-order valence-electron chi connectivity index (χ4n) is 7.19. The molecule has 5 heterocycles. The first-order valence-corrected chi connectivity index (χ1v) is 18.3. The van der Waals surface area contributed by atoms with Gasteiger partial charge in [0.25, 0.3) is 0 Å². The third-order valence-corrected chi connectivity index (χ3v) is 10.9. The molecular formula is C36H49N9O4S. The molecule has 268 valence electrons. The van der Waals surface area contributed by atoms with E-state index in [1.165, 1.54) is 0 Å². The minimum atomic E-state index is -0.567. The lowest BCUT2D eigenvalue weighted by molar-refractivity contribution is 0.0240. The number of likely N-dealkylation sites (N-methyl/N-ethyl adjacent to an activating group) is 1. The molecule has 2 fully saturated rings. The first-order chi connectivity index (χ1) is 23.8. The number of carbonyl (C=O) groups excluding carboxylic acids is 1. The van der Waals surface area contributed by atoms with Crippen molar-refractivity contribution in [3.05, 3.63) is 33.9 Å². The van der Waals surface area contributed by atoms with Crippen molar-refractivity contribution in [3.63, 3.8) is 0 Å². The van der Waals surface area contributed by atoms with E-state index in [-0.39, 0.29) is 12.2 Å². The van der Waals surface area contributed by atoms with Crippen LogP contribution in [0.15, 0.2) is 21.6 Å². The van der Waals surface area contributed by atoms with Crippen molar-refractivity contribution in [1.29, 1.82) is 5.26 Å². The second-order valence-corrected chi connectivity index (χ2v) is 16.1. The maximum atomic E-state index is 12.8. The summed E-state index contributed by atoms with van der Waals surface area (Å²) >= 11 is 1.58. The van der Waals surface area contributed by atoms with Gasteiger partial charge < -0.3 is 28.7 Å². The maximum Gasteiger partial charge on any atom is 0.410 e. The quantitative estimate of drug-likeness (QED) is 0.207. The van der Waals surface area contributed by atoms with Crippen molar-refractivity contribution in [3.8, 4) is 23.5 Å². The molecule has 0 bridgehead atoms. The molecule has 3 atom stereocenters. The first kappa shape index (κ1) is 35.6. The number of fused-ring (bicyclic) bond motifs is 1. The smallest absolute Gasteiger partial charge is 0.410 e. The average molecular weight is 704 g/mol. The Kier molecular flexibility index (Phi) is 10.1. The molecule has 13 nitrogen and oxygen atoms in total. The van der Waals surface area contributed by atoms with E-state index in [2.05, 4.69) is 46.9 Å². The maximum absolute atomic E-state index is 12.8. The summed E-state index contributed by atoms with van der Waals surface area (Å²) in [5.74, 6) is 2.23. The Bertz CT molecular complexity index is 1770. The second kappa shape index (κ2) is 14.2. The highest BCUT2D eigenvalue weighted by molar-refractivity contribution is 7.16. The van der Waals surface area contributed by atoms with Crippen molar-refractivity contribution in [2.45, 2.75) is 89.9 Å². The number of nitriles is 1. The fourth-order valence-corrected chi connectivity index (χ4v) is 8.45. The number of aryl methyl sites for hydroxylation is 1.